The van der Waals surface area contributed by atoms with Crippen LogP contribution in [-0.2, 0) is 10.0 Å². The monoisotopic (exact) mass is 380 g/mol. The molecule has 0 heterocycles. The van der Waals surface area contributed by atoms with Crippen molar-refractivity contribution in [1.29, 1.82) is 0 Å². The number of nitrogens with zero attached hydrogens (tertiary/aromatic N) is 1. The van der Waals surface area contributed by atoms with Crippen LogP contribution in [0.5, 0.6) is 0 Å². The Labute approximate surface area is 153 Å². The molecule has 0 saturated carbocycles. The van der Waals surface area contributed by atoms with Crippen molar-refractivity contribution in [2.24, 2.45) is 0 Å². The van der Waals surface area contributed by atoms with Gasteiger partial charge in [0.25, 0.3) is 15.9 Å². The lowest BCUT2D eigenvalue weighted by atomic mass is 10.2. The average Bonchev–Trinajstić information content (AvgIpc) is 2.58. The van der Waals surface area contributed by atoms with Gasteiger partial charge in [0.05, 0.1) is 10.6 Å². The molecule has 0 aliphatic rings. The highest BCUT2D eigenvalue weighted by Crippen LogP contribution is 2.20. The molecule has 2 aromatic rings. The first kappa shape index (κ1) is 19.3. The second kappa shape index (κ2) is 8.36. The fourth-order valence-corrected chi connectivity index (χ4v) is 3.56. The molecule has 0 unspecified atom stereocenters. The van der Waals surface area contributed by atoms with E-state index in [0.29, 0.717) is 22.8 Å². The topological polar surface area (TPSA) is 66.5 Å². The summed E-state index contributed by atoms with van der Waals surface area (Å²) >= 11 is 5.88. The molecule has 25 heavy (non-hydrogen) atoms. The fraction of sp³-hybridized carbons (Fsp3) is 0.278. The minimum absolute atomic E-state index is 0.0298. The highest BCUT2D eigenvalue weighted by molar-refractivity contribution is 7.92. The number of hydrogen-bond donors (Lipinski definition) is 1. The van der Waals surface area contributed by atoms with Gasteiger partial charge in [0.15, 0.2) is 0 Å². The van der Waals surface area contributed by atoms with Gasteiger partial charge in [0, 0.05) is 24.2 Å². The van der Waals surface area contributed by atoms with Gasteiger partial charge in [0.1, 0.15) is 0 Å². The number of carbonyl (C=O) groups excluding carboxylic acids is 1. The maximum Gasteiger partial charge on any atom is 0.261 e. The quantitative estimate of drug-likeness (QED) is 0.789. The summed E-state index contributed by atoms with van der Waals surface area (Å²) in [5.74, 6) is -0.201. The summed E-state index contributed by atoms with van der Waals surface area (Å²) in [6.45, 7) is 2.68. The van der Waals surface area contributed by atoms with Crippen molar-refractivity contribution in [3.63, 3.8) is 0 Å². The van der Waals surface area contributed by atoms with E-state index in [9.17, 15) is 13.2 Å². The van der Waals surface area contributed by atoms with E-state index >= 15 is 0 Å². The predicted molar refractivity (Wildman–Crippen MR) is 101 cm³/mol. The van der Waals surface area contributed by atoms with Crippen molar-refractivity contribution in [3.05, 3.63) is 59.1 Å². The number of amides is 1. The van der Waals surface area contributed by atoms with Gasteiger partial charge in [-0.1, -0.05) is 37.1 Å². The van der Waals surface area contributed by atoms with Crippen molar-refractivity contribution in [1.82, 2.24) is 4.90 Å². The minimum Gasteiger partial charge on any atom is -0.342 e. The Bertz CT molecular complexity index is 853. The lowest BCUT2D eigenvalue weighted by Crippen LogP contribution is -2.27. The summed E-state index contributed by atoms with van der Waals surface area (Å²) in [7, 11) is -2.10. The molecule has 0 aliphatic heterocycles. The summed E-state index contributed by atoms with van der Waals surface area (Å²) in [5, 5.41) is 0.432. The van der Waals surface area contributed by atoms with Gasteiger partial charge in [-0.05, 0) is 42.8 Å². The Morgan fingerprint density at radius 1 is 1.16 bits per heavy atom. The second-order valence-electron chi connectivity index (χ2n) is 5.72. The molecular formula is C18H21ClN2O3S. The molecule has 1 amide bonds. The van der Waals surface area contributed by atoms with Gasteiger partial charge < -0.3 is 4.90 Å². The van der Waals surface area contributed by atoms with Crippen LogP contribution in [0.15, 0.2) is 53.4 Å². The first-order valence-corrected chi connectivity index (χ1v) is 9.83. The van der Waals surface area contributed by atoms with E-state index in [0.717, 1.165) is 12.8 Å². The predicted octanol–water partition coefficient (Wildman–Crippen LogP) is 4.01. The third kappa shape index (κ3) is 5.21. The van der Waals surface area contributed by atoms with E-state index in [-0.39, 0.29) is 10.8 Å². The zero-order chi connectivity index (χ0) is 18.4. The smallest absolute Gasteiger partial charge is 0.261 e. The highest BCUT2D eigenvalue weighted by atomic mass is 35.5. The van der Waals surface area contributed by atoms with Gasteiger partial charge in [0.2, 0.25) is 0 Å². The molecule has 2 rings (SSSR count). The molecule has 0 bridgehead atoms. The minimum atomic E-state index is -3.81. The third-order valence-electron chi connectivity index (χ3n) is 3.66. The van der Waals surface area contributed by atoms with E-state index in [2.05, 4.69) is 4.72 Å². The van der Waals surface area contributed by atoms with Crippen molar-refractivity contribution < 1.29 is 13.2 Å². The molecule has 0 aliphatic carbocycles. The summed E-state index contributed by atoms with van der Waals surface area (Å²) in [6, 6.07) is 12.5. The van der Waals surface area contributed by atoms with Crippen LogP contribution >= 0.6 is 11.6 Å². The molecule has 0 fully saturated rings. The van der Waals surface area contributed by atoms with Crippen molar-refractivity contribution in [2.45, 2.75) is 24.7 Å². The zero-order valence-electron chi connectivity index (χ0n) is 14.2. The Morgan fingerprint density at radius 2 is 1.88 bits per heavy atom. The van der Waals surface area contributed by atoms with E-state index in [1.165, 1.54) is 18.2 Å². The molecule has 0 radical (unpaired) electrons. The number of anilines is 1. The van der Waals surface area contributed by atoms with Gasteiger partial charge in [-0.3, -0.25) is 9.52 Å². The van der Waals surface area contributed by atoms with Crippen molar-refractivity contribution in [3.8, 4) is 0 Å². The number of nitrogens with one attached hydrogen (secondary N) is 1. The maximum absolute atomic E-state index is 12.6. The van der Waals surface area contributed by atoms with E-state index < -0.39 is 10.0 Å². The van der Waals surface area contributed by atoms with Crippen LogP contribution in [0.25, 0.3) is 0 Å². The summed E-state index contributed by atoms with van der Waals surface area (Å²) < 4.78 is 27.6. The Morgan fingerprint density at radius 3 is 2.56 bits per heavy atom. The van der Waals surface area contributed by atoms with Crippen molar-refractivity contribution in [2.75, 3.05) is 18.3 Å². The number of halogens is 1. The lowest BCUT2D eigenvalue weighted by molar-refractivity contribution is 0.0793. The molecule has 0 saturated heterocycles. The molecule has 0 spiro atoms. The van der Waals surface area contributed by atoms with Gasteiger partial charge in [-0.2, -0.15) is 0 Å². The highest BCUT2D eigenvalue weighted by Gasteiger charge is 2.18. The van der Waals surface area contributed by atoms with Gasteiger partial charge in [-0.15, -0.1) is 0 Å². The largest absolute Gasteiger partial charge is 0.342 e. The molecule has 5 nitrogen and oxygen atoms in total. The van der Waals surface area contributed by atoms with Crippen LogP contribution < -0.4 is 4.72 Å². The Kier molecular flexibility index (Phi) is 6.45. The van der Waals surface area contributed by atoms with Gasteiger partial charge in [-0.25, -0.2) is 8.42 Å². The lowest BCUT2D eigenvalue weighted by Gasteiger charge is -2.17. The summed E-state index contributed by atoms with van der Waals surface area (Å²) in [6.07, 6.45) is 1.88. The Hall–Kier alpha value is -2.05. The van der Waals surface area contributed by atoms with Crippen LogP contribution in [0.1, 0.15) is 30.1 Å². The summed E-state index contributed by atoms with van der Waals surface area (Å²) in [5.41, 5.74) is 0.705. The Balaban J connectivity index is 2.23. The third-order valence-corrected chi connectivity index (χ3v) is 5.28. The van der Waals surface area contributed by atoms with E-state index in [4.69, 9.17) is 11.6 Å². The zero-order valence-corrected chi connectivity index (χ0v) is 15.8. The number of sulfonamides is 1. The molecule has 1 N–H and O–H groups in total. The standard InChI is InChI=1S/C18H21ClN2O3S/c1-3-4-11-21(2)18(22)14-7-5-10-17(12-14)25(23,24)20-16-9-6-8-15(19)13-16/h5-10,12-13,20H,3-4,11H2,1-2H3. The molecule has 2 aromatic carbocycles. The van der Waals surface area contributed by atoms with Crippen LogP contribution in [0.3, 0.4) is 0 Å². The molecule has 7 heteroatoms. The van der Waals surface area contributed by atoms with Crippen molar-refractivity contribution >= 4 is 33.2 Å². The van der Waals surface area contributed by atoms with E-state index in [1.807, 2.05) is 6.92 Å². The van der Waals surface area contributed by atoms with Crippen LogP contribution in [-0.4, -0.2) is 32.8 Å². The molecule has 0 aromatic heterocycles. The second-order valence-corrected chi connectivity index (χ2v) is 7.84. The SMILES string of the molecule is CCCCN(C)C(=O)c1cccc(S(=O)(=O)Nc2cccc(Cl)c2)c1. The number of rotatable bonds is 7. The number of unbranched alkanes of at least 4 members (excludes halogenated alkanes) is 1. The first-order valence-electron chi connectivity index (χ1n) is 7.97. The fourth-order valence-electron chi connectivity index (χ4n) is 2.28. The first-order chi connectivity index (χ1) is 11.8. The number of benzene rings is 2. The molecule has 134 valence electrons. The molecule has 0 atom stereocenters. The van der Waals surface area contributed by atoms with Crippen LogP contribution in [0.4, 0.5) is 5.69 Å². The summed E-state index contributed by atoms with van der Waals surface area (Å²) in [4.78, 5) is 14.1. The van der Waals surface area contributed by atoms with Crippen LogP contribution in [0, 0.1) is 0 Å². The van der Waals surface area contributed by atoms with E-state index in [1.54, 1.807) is 42.3 Å². The maximum atomic E-state index is 12.6. The average molecular weight is 381 g/mol. The van der Waals surface area contributed by atoms with Crippen LogP contribution in [0.2, 0.25) is 5.02 Å². The number of hydrogen-bond acceptors (Lipinski definition) is 3. The molecular weight excluding hydrogens is 360 g/mol. The normalized spacial score (nSPS) is 11.2. The van der Waals surface area contributed by atoms with Gasteiger partial charge >= 0.3 is 0 Å². The number of carbonyl (C=O) groups is 1.